The van der Waals surface area contributed by atoms with Crippen LogP contribution in [0.1, 0.15) is 5.56 Å². The van der Waals surface area contributed by atoms with Crippen molar-refractivity contribution < 1.29 is 4.39 Å². The highest BCUT2D eigenvalue weighted by atomic mass is 79.9. The van der Waals surface area contributed by atoms with Crippen molar-refractivity contribution >= 4 is 27.3 Å². The Bertz CT molecular complexity index is 529. The van der Waals surface area contributed by atoms with E-state index in [9.17, 15) is 4.39 Å². The molecule has 0 unspecified atom stereocenters. The first-order valence-corrected chi connectivity index (χ1v) is 6.48. The molecule has 0 radical (unpaired) electrons. The Balaban J connectivity index is 1.97. The summed E-state index contributed by atoms with van der Waals surface area (Å²) in [5, 5.41) is 3.14. The van der Waals surface area contributed by atoms with Crippen molar-refractivity contribution in [2.45, 2.75) is 6.42 Å². The van der Waals surface area contributed by atoms with Gasteiger partial charge in [-0.05, 0) is 34.0 Å². The molecule has 0 bridgehead atoms. The molecule has 4 heteroatoms. The average molecular weight is 309 g/mol. The summed E-state index contributed by atoms with van der Waals surface area (Å²) in [6.07, 6.45) is 0.873. The van der Waals surface area contributed by atoms with Crippen molar-refractivity contribution in [3.8, 4) is 0 Å². The fraction of sp³-hybridized carbons (Fsp3) is 0.143. The summed E-state index contributed by atoms with van der Waals surface area (Å²) >= 11 is 3.10. The molecule has 0 spiro atoms. The van der Waals surface area contributed by atoms with Gasteiger partial charge in [0, 0.05) is 12.6 Å². The quantitative estimate of drug-likeness (QED) is 0.843. The molecule has 2 rings (SSSR count). The molecule has 3 N–H and O–H groups in total. The van der Waals surface area contributed by atoms with Gasteiger partial charge in [0.05, 0.1) is 15.8 Å². The van der Waals surface area contributed by atoms with E-state index in [4.69, 9.17) is 5.73 Å². The van der Waals surface area contributed by atoms with Gasteiger partial charge >= 0.3 is 0 Å². The maximum Gasteiger partial charge on any atom is 0.139 e. The molecule has 0 heterocycles. The van der Waals surface area contributed by atoms with Crippen LogP contribution in [0.15, 0.2) is 46.9 Å². The van der Waals surface area contributed by atoms with E-state index in [2.05, 4.69) is 33.4 Å². The first-order chi connectivity index (χ1) is 8.66. The number of nitrogens with one attached hydrogen (secondary N) is 1. The lowest BCUT2D eigenvalue weighted by atomic mass is 10.1. The number of hydrogen-bond donors (Lipinski definition) is 2. The predicted molar refractivity (Wildman–Crippen MR) is 77.1 cm³/mol. The van der Waals surface area contributed by atoms with Crippen LogP contribution in [0.2, 0.25) is 0 Å². The van der Waals surface area contributed by atoms with Gasteiger partial charge in [-0.25, -0.2) is 4.39 Å². The van der Waals surface area contributed by atoms with Crippen molar-refractivity contribution in [3.63, 3.8) is 0 Å². The Morgan fingerprint density at radius 1 is 1.17 bits per heavy atom. The first kappa shape index (κ1) is 12.9. The highest BCUT2D eigenvalue weighted by Gasteiger charge is 2.05. The van der Waals surface area contributed by atoms with Crippen LogP contribution < -0.4 is 11.1 Å². The fourth-order valence-electron chi connectivity index (χ4n) is 1.70. The molecule has 0 atom stereocenters. The topological polar surface area (TPSA) is 38.0 Å². The van der Waals surface area contributed by atoms with Crippen LogP contribution in [0.3, 0.4) is 0 Å². The van der Waals surface area contributed by atoms with Gasteiger partial charge in [-0.2, -0.15) is 0 Å². The Labute approximate surface area is 114 Å². The third kappa shape index (κ3) is 3.23. The molecule has 0 amide bonds. The SMILES string of the molecule is Nc1cc(Br)c(F)cc1NCCc1ccccc1. The first-order valence-electron chi connectivity index (χ1n) is 5.69. The molecule has 2 nitrogen and oxygen atoms in total. The maximum atomic E-state index is 13.4. The largest absolute Gasteiger partial charge is 0.397 e. The van der Waals surface area contributed by atoms with E-state index in [1.165, 1.54) is 11.6 Å². The number of nitrogens with two attached hydrogens (primary N) is 1. The molecule has 0 aromatic heterocycles. The van der Waals surface area contributed by atoms with Crippen molar-refractivity contribution in [1.29, 1.82) is 0 Å². The summed E-state index contributed by atoms with van der Waals surface area (Å²) < 4.78 is 13.7. The predicted octanol–water partition coefficient (Wildman–Crippen LogP) is 3.83. The highest BCUT2D eigenvalue weighted by molar-refractivity contribution is 9.10. The van der Waals surface area contributed by atoms with Crippen molar-refractivity contribution in [1.82, 2.24) is 0 Å². The second-order valence-electron chi connectivity index (χ2n) is 4.02. The molecule has 2 aromatic rings. The van der Waals surface area contributed by atoms with Crippen molar-refractivity contribution in [2.24, 2.45) is 0 Å². The van der Waals surface area contributed by atoms with Crippen molar-refractivity contribution in [2.75, 3.05) is 17.6 Å². The van der Waals surface area contributed by atoms with E-state index >= 15 is 0 Å². The summed E-state index contributed by atoms with van der Waals surface area (Å²) in [6.45, 7) is 0.718. The van der Waals surface area contributed by atoms with E-state index in [1.807, 2.05) is 18.2 Å². The molecule has 0 aliphatic carbocycles. The Hall–Kier alpha value is -1.55. The van der Waals surface area contributed by atoms with Crippen LogP contribution in [0, 0.1) is 5.82 Å². The summed E-state index contributed by atoms with van der Waals surface area (Å²) in [5.41, 5.74) is 8.22. The molecular formula is C14H14BrFN2. The van der Waals surface area contributed by atoms with E-state index in [0.717, 1.165) is 13.0 Å². The lowest BCUT2D eigenvalue weighted by molar-refractivity contribution is 0.622. The lowest BCUT2D eigenvalue weighted by Gasteiger charge is -2.10. The number of benzene rings is 2. The maximum absolute atomic E-state index is 13.4. The molecule has 0 aliphatic rings. The lowest BCUT2D eigenvalue weighted by Crippen LogP contribution is -2.07. The number of nitrogen functional groups attached to an aromatic ring is 1. The van der Waals surface area contributed by atoms with Crippen LogP contribution in [0.25, 0.3) is 0 Å². The minimum absolute atomic E-state index is 0.314. The van der Waals surface area contributed by atoms with Gasteiger partial charge < -0.3 is 11.1 Å². The van der Waals surface area contributed by atoms with Crippen molar-refractivity contribution in [3.05, 3.63) is 58.3 Å². The zero-order valence-corrected chi connectivity index (χ0v) is 11.4. The molecule has 0 fully saturated rings. The minimum atomic E-state index is -0.314. The molecule has 0 saturated heterocycles. The standard InChI is InChI=1S/C14H14BrFN2/c15-11-8-13(17)14(9-12(11)16)18-7-6-10-4-2-1-3-5-10/h1-5,8-9,18H,6-7,17H2. The highest BCUT2D eigenvalue weighted by Crippen LogP contribution is 2.26. The van der Waals surface area contributed by atoms with Crippen LogP contribution in [-0.2, 0) is 6.42 Å². The van der Waals surface area contributed by atoms with Crippen LogP contribution in [-0.4, -0.2) is 6.54 Å². The summed E-state index contributed by atoms with van der Waals surface area (Å²) in [5.74, 6) is -0.314. The zero-order chi connectivity index (χ0) is 13.0. The van der Waals surface area contributed by atoms with Gasteiger partial charge in [0.1, 0.15) is 5.82 Å². The number of halogens is 2. The minimum Gasteiger partial charge on any atom is -0.397 e. The normalized spacial score (nSPS) is 10.3. The smallest absolute Gasteiger partial charge is 0.139 e. The van der Waals surface area contributed by atoms with Crippen LogP contribution in [0.4, 0.5) is 15.8 Å². The van der Waals surface area contributed by atoms with Gasteiger partial charge in [-0.3, -0.25) is 0 Å². The van der Waals surface area contributed by atoms with Gasteiger partial charge in [0.15, 0.2) is 0 Å². The molecule has 0 saturated carbocycles. The second kappa shape index (κ2) is 5.87. The number of rotatable bonds is 4. The van der Waals surface area contributed by atoms with Gasteiger partial charge in [-0.15, -0.1) is 0 Å². The zero-order valence-electron chi connectivity index (χ0n) is 9.79. The molecular weight excluding hydrogens is 295 g/mol. The average Bonchev–Trinajstić information content (AvgIpc) is 2.37. The second-order valence-corrected chi connectivity index (χ2v) is 4.87. The Morgan fingerprint density at radius 3 is 2.61 bits per heavy atom. The van der Waals surface area contributed by atoms with E-state index < -0.39 is 0 Å². The molecule has 0 aliphatic heterocycles. The van der Waals surface area contributed by atoms with Crippen LogP contribution >= 0.6 is 15.9 Å². The molecule has 18 heavy (non-hydrogen) atoms. The number of anilines is 2. The molecule has 2 aromatic carbocycles. The van der Waals surface area contributed by atoms with Crippen LogP contribution in [0.5, 0.6) is 0 Å². The van der Waals surface area contributed by atoms with Gasteiger partial charge in [0.25, 0.3) is 0 Å². The number of hydrogen-bond acceptors (Lipinski definition) is 2. The van der Waals surface area contributed by atoms with E-state index in [1.54, 1.807) is 6.07 Å². The Kier molecular flexibility index (Phi) is 4.20. The Morgan fingerprint density at radius 2 is 1.89 bits per heavy atom. The third-order valence-corrected chi connectivity index (χ3v) is 3.27. The summed E-state index contributed by atoms with van der Waals surface area (Å²) in [6, 6.07) is 13.1. The fourth-order valence-corrected chi connectivity index (χ4v) is 2.06. The van der Waals surface area contributed by atoms with Gasteiger partial charge in [0.2, 0.25) is 0 Å². The van der Waals surface area contributed by atoms with E-state index in [0.29, 0.717) is 15.8 Å². The summed E-state index contributed by atoms with van der Waals surface area (Å²) in [4.78, 5) is 0. The summed E-state index contributed by atoms with van der Waals surface area (Å²) in [7, 11) is 0. The molecule has 94 valence electrons. The monoisotopic (exact) mass is 308 g/mol. The van der Waals surface area contributed by atoms with Gasteiger partial charge in [-0.1, -0.05) is 30.3 Å². The third-order valence-electron chi connectivity index (χ3n) is 2.66. The van der Waals surface area contributed by atoms with E-state index in [-0.39, 0.29) is 5.82 Å².